The van der Waals surface area contributed by atoms with Gasteiger partial charge in [0, 0.05) is 12.8 Å². The molecule has 1 unspecified atom stereocenters. The third-order valence-corrected chi connectivity index (χ3v) is 2.19. The summed E-state index contributed by atoms with van der Waals surface area (Å²) < 4.78 is 4.94. The Kier molecular flexibility index (Phi) is 3.26. The summed E-state index contributed by atoms with van der Waals surface area (Å²) in [7, 11) is 1.74. The van der Waals surface area contributed by atoms with Crippen molar-refractivity contribution in [2.75, 3.05) is 13.7 Å². The number of carbonyl (C=O) groups is 1. The Morgan fingerprint density at radius 3 is 3.08 bits per heavy atom. The number of hydrogen-bond donors (Lipinski definition) is 0. The Balaban J connectivity index is 2.56. The van der Waals surface area contributed by atoms with E-state index in [2.05, 4.69) is 4.99 Å². The van der Waals surface area contributed by atoms with Crippen molar-refractivity contribution in [3.63, 3.8) is 0 Å². The smallest absolute Gasteiger partial charge is 0.314 e. The molecule has 0 aliphatic heterocycles. The molecule has 0 radical (unpaired) electrons. The predicted octanol–water partition coefficient (Wildman–Crippen LogP) is 1.42. The van der Waals surface area contributed by atoms with Gasteiger partial charge in [-0.1, -0.05) is 0 Å². The molecule has 0 heterocycles. The first kappa shape index (κ1) is 9.23. The van der Waals surface area contributed by atoms with Crippen LogP contribution in [0, 0.1) is 5.92 Å². The van der Waals surface area contributed by atoms with Gasteiger partial charge < -0.3 is 4.74 Å². The molecule has 68 valence electrons. The van der Waals surface area contributed by atoms with Crippen LogP contribution in [-0.4, -0.2) is 25.3 Å². The number of aliphatic imine (C=N–C) groups is 1. The molecule has 0 aromatic rings. The van der Waals surface area contributed by atoms with Crippen LogP contribution in [0.3, 0.4) is 0 Å². The van der Waals surface area contributed by atoms with Gasteiger partial charge in [-0.25, -0.2) is 0 Å². The molecule has 1 atom stereocenters. The summed E-state index contributed by atoms with van der Waals surface area (Å²) in [6.45, 7) is 2.29. The van der Waals surface area contributed by atoms with Crippen molar-refractivity contribution in [3.05, 3.63) is 0 Å². The normalized spacial score (nSPS) is 26.2. The minimum atomic E-state index is -0.101. The van der Waals surface area contributed by atoms with Gasteiger partial charge in [0.25, 0.3) is 0 Å². The molecule has 1 aliphatic carbocycles. The Labute approximate surface area is 72.8 Å². The number of carbonyl (C=O) groups excluding carboxylic acids is 1. The molecular formula is C9H15NO2. The van der Waals surface area contributed by atoms with Crippen LogP contribution in [0.5, 0.6) is 0 Å². The van der Waals surface area contributed by atoms with Crippen LogP contribution in [0.25, 0.3) is 0 Å². The fourth-order valence-electron chi connectivity index (χ4n) is 1.59. The van der Waals surface area contributed by atoms with Crippen molar-refractivity contribution in [1.82, 2.24) is 0 Å². The van der Waals surface area contributed by atoms with Crippen molar-refractivity contribution < 1.29 is 9.53 Å². The van der Waals surface area contributed by atoms with E-state index in [4.69, 9.17) is 4.74 Å². The van der Waals surface area contributed by atoms with Gasteiger partial charge in [0.05, 0.1) is 12.5 Å². The summed E-state index contributed by atoms with van der Waals surface area (Å²) in [6.07, 6.45) is 2.93. The fraction of sp³-hybridized carbons (Fsp3) is 0.778. The molecule has 0 bridgehead atoms. The molecule has 0 N–H and O–H groups in total. The van der Waals surface area contributed by atoms with Crippen molar-refractivity contribution in [3.8, 4) is 0 Å². The minimum absolute atomic E-state index is 0.0463. The van der Waals surface area contributed by atoms with E-state index in [9.17, 15) is 4.79 Å². The first-order valence-corrected chi connectivity index (χ1v) is 4.41. The van der Waals surface area contributed by atoms with Gasteiger partial charge in [0.15, 0.2) is 0 Å². The standard InChI is InChI=1S/C9H15NO2/c1-3-12-9(11)7-5-4-6-8(7)10-2/h7H,3-6H2,1-2H3. The van der Waals surface area contributed by atoms with E-state index in [1.165, 1.54) is 0 Å². The van der Waals surface area contributed by atoms with Gasteiger partial charge in [-0.05, 0) is 26.2 Å². The van der Waals surface area contributed by atoms with Crippen LogP contribution in [0.4, 0.5) is 0 Å². The summed E-state index contributed by atoms with van der Waals surface area (Å²) in [5.41, 5.74) is 1.01. The molecular weight excluding hydrogens is 154 g/mol. The zero-order valence-corrected chi connectivity index (χ0v) is 7.67. The number of ether oxygens (including phenoxy) is 1. The van der Waals surface area contributed by atoms with Gasteiger partial charge in [0.2, 0.25) is 0 Å². The number of esters is 1. The van der Waals surface area contributed by atoms with E-state index in [0.717, 1.165) is 25.0 Å². The monoisotopic (exact) mass is 169 g/mol. The summed E-state index contributed by atoms with van der Waals surface area (Å²) in [6, 6.07) is 0. The maximum Gasteiger partial charge on any atom is 0.314 e. The Hall–Kier alpha value is -0.860. The van der Waals surface area contributed by atoms with E-state index in [1.54, 1.807) is 7.05 Å². The van der Waals surface area contributed by atoms with E-state index in [-0.39, 0.29) is 11.9 Å². The Morgan fingerprint density at radius 2 is 2.50 bits per heavy atom. The number of nitrogens with zero attached hydrogens (tertiary/aromatic N) is 1. The van der Waals surface area contributed by atoms with Gasteiger partial charge >= 0.3 is 5.97 Å². The highest BCUT2D eigenvalue weighted by Crippen LogP contribution is 2.23. The first-order valence-electron chi connectivity index (χ1n) is 4.41. The zero-order chi connectivity index (χ0) is 8.97. The summed E-state index contributed by atoms with van der Waals surface area (Å²) >= 11 is 0. The van der Waals surface area contributed by atoms with E-state index in [0.29, 0.717) is 6.61 Å². The molecule has 1 rings (SSSR count). The Morgan fingerprint density at radius 1 is 1.75 bits per heavy atom. The predicted molar refractivity (Wildman–Crippen MR) is 47.3 cm³/mol. The summed E-state index contributed by atoms with van der Waals surface area (Å²) in [5, 5.41) is 0. The van der Waals surface area contributed by atoms with E-state index < -0.39 is 0 Å². The minimum Gasteiger partial charge on any atom is -0.465 e. The fourth-order valence-corrected chi connectivity index (χ4v) is 1.59. The lowest BCUT2D eigenvalue weighted by atomic mass is 10.1. The highest BCUT2D eigenvalue weighted by molar-refractivity contribution is 6.03. The lowest BCUT2D eigenvalue weighted by molar-refractivity contribution is -0.145. The van der Waals surface area contributed by atoms with Crippen molar-refractivity contribution in [2.24, 2.45) is 10.9 Å². The van der Waals surface area contributed by atoms with Gasteiger partial charge in [0.1, 0.15) is 0 Å². The summed E-state index contributed by atoms with van der Waals surface area (Å²) in [4.78, 5) is 15.4. The lowest BCUT2D eigenvalue weighted by Gasteiger charge is -2.08. The van der Waals surface area contributed by atoms with Gasteiger partial charge in [-0.3, -0.25) is 9.79 Å². The molecule has 3 nitrogen and oxygen atoms in total. The summed E-state index contributed by atoms with van der Waals surface area (Å²) in [5.74, 6) is -0.148. The highest BCUT2D eigenvalue weighted by Gasteiger charge is 2.29. The molecule has 0 saturated heterocycles. The van der Waals surface area contributed by atoms with Crippen LogP contribution in [0.2, 0.25) is 0 Å². The molecule has 0 aromatic heterocycles. The lowest BCUT2D eigenvalue weighted by Crippen LogP contribution is -2.21. The second kappa shape index (κ2) is 4.24. The number of hydrogen-bond acceptors (Lipinski definition) is 3. The molecule has 3 heteroatoms. The SMILES string of the molecule is CCOC(=O)C1CCCC1=NC. The van der Waals surface area contributed by atoms with Crippen LogP contribution in [0.1, 0.15) is 26.2 Å². The third-order valence-electron chi connectivity index (χ3n) is 2.19. The van der Waals surface area contributed by atoms with Crippen LogP contribution in [0.15, 0.2) is 4.99 Å². The topological polar surface area (TPSA) is 38.7 Å². The maximum absolute atomic E-state index is 11.3. The molecule has 0 amide bonds. The molecule has 0 spiro atoms. The average Bonchev–Trinajstić information content (AvgIpc) is 2.51. The highest BCUT2D eigenvalue weighted by atomic mass is 16.5. The zero-order valence-electron chi connectivity index (χ0n) is 7.67. The largest absolute Gasteiger partial charge is 0.465 e. The van der Waals surface area contributed by atoms with Gasteiger partial charge in [-0.2, -0.15) is 0 Å². The molecule has 1 saturated carbocycles. The van der Waals surface area contributed by atoms with E-state index >= 15 is 0 Å². The number of rotatable bonds is 2. The van der Waals surface area contributed by atoms with E-state index in [1.807, 2.05) is 6.92 Å². The molecule has 12 heavy (non-hydrogen) atoms. The van der Waals surface area contributed by atoms with Crippen LogP contribution >= 0.6 is 0 Å². The first-order chi connectivity index (χ1) is 5.79. The second-order valence-electron chi connectivity index (χ2n) is 2.91. The maximum atomic E-state index is 11.3. The third kappa shape index (κ3) is 1.84. The molecule has 1 aliphatic rings. The van der Waals surface area contributed by atoms with Crippen LogP contribution < -0.4 is 0 Å². The molecule has 1 fully saturated rings. The van der Waals surface area contributed by atoms with Crippen molar-refractivity contribution in [1.29, 1.82) is 0 Å². The van der Waals surface area contributed by atoms with Gasteiger partial charge in [-0.15, -0.1) is 0 Å². The quantitative estimate of drug-likeness (QED) is 0.586. The Bertz CT molecular complexity index is 199. The van der Waals surface area contributed by atoms with Crippen molar-refractivity contribution >= 4 is 11.7 Å². The average molecular weight is 169 g/mol. The van der Waals surface area contributed by atoms with Crippen LogP contribution in [-0.2, 0) is 9.53 Å². The van der Waals surface area contributed by atoms with Crippen molar-refractivity contribution in [2.45, 2.75) is 26.2 Å². The molecule has 0 aromatic carbocycles. The second-order valence-corrected chi connectivity index (χ2v) is 2.91.